The molecule has 0 radical (unpaired) electrons. The summed E-state index contributed by atoms with van der Waals surface area (Å²) in [7, 11) is 3.23. The van der Waals surface area contributed by atoms with Gasteiger partial charge in [0, 0.05) is 5.56 Å². The number of ether oxygens (including phenoxy) is 2. The second-order valence-corrected chi connectivity index (χ2v) is 4.67. The van der Waals surface area contributed by atoms with Gasteiger partial charge in [0.1, 0.15) is 11.5 Å². The van der Waals surface area contributed by atoms with E-state index in [-0.39, 0.29) is 0 Å². The summed E-state index contributed by atoms with van der Waals surface area (Å²) < 4.78 is 10.5. The molecule has 2 rings (SSSR count). The van der Waals surface area contributed by atoms with Gasteiger partial charge in [-0.2, -0.15) is 5.10 Å². The Morgan fingerprint density at radius 3 is 2.36 bits per heavy atom. The zero-order chi connectivity index (χ0) is 15.8. The quantitative estimate of drug-likeness (QED) is 0.505. The molecule has 0 aliphatic carbocycles. The molecular weight excluding hydrogens is 298 g/mol. The number of benzene rings is 2. The van der Waals surface area contributed by atoms with E-state index in [1.807, 2.05) is 48.5 Å². The zero-order valence-electron chi connectivity index (χ0n) is 12.4. The van der Waals surface area contributed by atoms with Crippen LogP contribution in [0.2, 0.25) is 0 Å². The average Bonchev–Trinajstić information content (AvgIpc) is 2.55. The second-order valence-electron chi connectivity index (χ2n) is 4.27. The highest BCUT2D eigenvalue weighted by molar-refractivity contribution is 7.80. The molecule has 0 aliphatic heterocycles. The summed E-state index contributed by atoms with van der Waals surface area (Å²) in [5, 5.41) is 7.50. The molecule has 0 bridgehead atoms. The Labute approximate surface area is 134 Å². The largest absolute Gasteiger partial charge is 0.496 e. The molecule has 0 saturated heterocycles. The normalized spacial score (nSPS) is 10.3. The van der Waals surface area contributed by atoms with E-state index in [0.29, 0.717) is 10.9 Å². The molecule has 0 aromatic heterocycles. The van der Waals surface area contributed by atoms with Gasteiger partial charge in [-0.15, -0.1) is 0 Å². The monoisotopic (exact) mass is 315 g/mol. The molecule has 0 aliphatic rings. The maximum absolute atomic E-state index is 5.25. The summed E-state index contributed by atoms with van der Waals surface area (Å²) >= 11 is 5.20. The minimum Gasteiger partial charge on any atom is -0.496 e. The molecule has 0 unspecified atom stereocenters. The van der Waals surface area contributed by atoms with Gasteiger partial charge in [0.05, 0.1) is 26.1 Å². The fourth-order valence-electron chi connectivity index (χ4n) is 1.83. The highest BCUT2D eigenvalue weighted by Crippen LogP contribution is 2.22. The lowest BCUT2D eigenvalue weighted by Crippen LogP contribution is -2.24. The number of nitrogens with one attached hydrogen (secondary N) is 2. The first-order valence-electron chi connectivity index (χ1n) is 6.60. The first-order valence-corrected chi connectivity index (χ1v) is 7.01. The third kappa shape index (κ3) is 4.20. The predicted molar refractivity (Wildman–Crippen MR) is 92.9 cm³/mol. The number of nitrogens with zero attached hydrogens (tertiary/aromatic N) is 1. The Kier molecular flexibility index (Phi) is 5.73. The van der Waals surface area contributed by atoms with Gasteiger partial charge in [-0.05, 0) is 36.5 Å². The maximum atomic E-state index is 5.25. The number of para-hydroxylation sites is 3. The molecule has 0 saturated carbocycles. The molecule has 114 valence electrons. The SMILES string of the molecule is COc1ccccc1/C=N/NC(=S)Nc1ccccc1OC. The Morgan fingerprint density at radius 2 is 1.64 bits per heavy atom. The van der Waals surface area contributed by atoms with Crippen LogP contribution in [0.25, 0.3) is 0 Å². The minimum absolute atomic E-state index is 0.371. The van der Waals surface area contributed by atoms with Crippen molar-refractivity contribution in [3.63, 3.8) is 0 Å². The van der Waals surface area contributed by atoms with E-state index in [9.17, 15) is 0 Å². The van der Waals surface area contributed by atoms with Crippen molar-refractivity contribution in [3.05, 3.63) is 54.1 Å². The van der Waals surface area contributed by atoms with E-state index in [1.54, 1.807) is 20.4 Å². The third-order valence-corrected chi connectivity index (χ3v) is 3.06. The smallest absolute Gasteiger partial charge is 0.191 e. The molecule has 0 fully saturated rings. The number of methoxy groups -OCH3 is 2. The summed E-state index contributed by atoms with van der Waals surface area (Å²) in [5.41, 5.74) is 4.39. The van der Waals surface area contributed by atoms with Crippen LogP contribution in [0.4, 0.5) is 5.69 Å². The molecule has 2 aromatic rings. The van der Waals surface area contributed by atoms with Crippen molar-refractivity contribution in [2.75, 3.05) is 19.5 Å². The van der Waals surface area contributed by atoms with Crippen LogP contribution >= 0.6 is 12.2 Å². The van der Waals surface area contributed by atoms with Crippen molar-refractivity contribution < 1.29 is 9.47 Å². The van der Waals surface area contributed by atoms with Crippen molar-refractivity contribution in [2.24, 2.45) is 5.10 Å². The lowest BCUT2D eigenvalue weighted by atomic mass is 10.2. The van der Waals surface area contributed by atoms with Crippen molar-refractivity contribution in [3.8, 4) is 11.5 Å². The molecule has 6 heteroatoms. The van der Waals surface area contributed by atoms with Gasteiger partial charge in [-0.3, -0.25) is 5.43 Å². The van der Waals surface area contributed by atoms with Gasteiger partial charge >= 0.3 is 0 Å². The van der Waals surface area contributed by atoms with Crippen molar-refractivity contribution in [1.82, 2.24) is 5.43 Å². The third-order valence-electron chi connectivity index (χ3n) is 2.86. The summed E-state index contributed by atoms with van der Waals surface area (Å²) in [6.45, 7) is 0. The molecule has 2 N–H and O–H groups in total. The fraction of sp³-hybridized carbons (Fsp3) is 0.125. The van der Waals surface area contributed by atoms with Gasteiger partial charge in [0.25, 0.3) is 0 Å². The zero-order valence-corrected chi connectivity index (χ0v) is 13.2. The Hall–Kier alpha value is -2.60. The molecule has 22 heavy (non-hydrogen) atoms. The lowest BCUT2D eigenvalue weighted by Gasteiger charge is -2.10. The highest BCUT2D eigenvalue weighted by Gasteiger charge is 2.03. The van der Waals surface area contributed by atoms with E-state index in [4.69, 9.17) is 21.7 Å². The topological polar surface area (TPSA) is 54.9 Å². The van der Waals surface area contributed by atoms with Crippen LogP contribution in [0.15, 0.2) is 53.6 Å². The standard InChI is InChI=1S/C16H17N3O2S/c1-20-14-9-5-3-7-12(14)11-17-19-16(22)18-13-8-4-6-10-15(13)21-2/h3-11H,1-2H3,(H2,18,19,22)/b17-11+. The van der Waals surface area contributed by atoms with Gasteiger partial charge in [0.2, 0.25) is 0 Å². The predicted octanol–water partition coefficient (Wildman–Crippen LogP) is 3.02. The van der Waals surface area contributed by atoms with E-state index in [2.05, 4.69) is 15.8 Å². The van der Waals surface area contributed by atoms with Gasteiger partial charge in [0.15, 0.2) is 5.11 Å². The van der Waals surface area contributed by atoms with Crippen LogP contribution in [-0.2, 0) is 0 Å². The molecule has 0 amide bonds. The van der Waals surface area contributed by atoms with Crippen LogP contribution < -0.4 is 20.2 Å². The molecule has 5 nitrogen and oxygen atoms in total. The summed E-state index contributed by atoms with van der Waals surface area (Å²) in [5.74, 6) is 1.46. The average molecular weight is 315 g/mol. The molecule has 0 atom stereocenters. The van der Waals surface area contributed by atoms with Gasteiger partial charge in [-0.25, -0.2) is 0 Å². The molecule has 0 spiro atoms. The van der Waals surface area contributed by atoms with Crippen molar-refractivity contribution in [1.29, 1.82) is 0 Å². The Balaban J connectivity index is 1.96. The molecule has 2 aromatic carbocycles. The van der Waals surface area contributed by atoms with Crippen LogP contribution in [0.1, 0.15) is 5.56 Å². The van der Waals surface area contributed by atoms with Crippen molar-refractivity contribution in [2.45, 2.75) is 0 Å². The number of hydrazone groups is 1. The van der Waals surface area contributed by atoms with E-state index in [0.717, 1.165) is 17.0 Å². The maximum Gasteiger partial charge on any atom is 0.191 e. The lowest BCUT2D eigenvalue weighted by molar-refractivity contribution is 0.414. The minimum atomic E-state index is 0.371. The van der Waals surface area contributed by atoms with E-state index >= 15 is 0 Å². The summed E-state index contributed by atoms with van der Waals surface area (Å²) in [6, 6.07) is 15.1. The van der Waals surface area contributed by atoms with Crippen LogP contribution in [0, 0.1) is 0 Å². The van der Waals surface area contributed by atoms with Gasteiger partial charge < -0.3 is 14.8 Å². The van der Waals surface area contributed by atoms with Gasteiger partial charge in [-0.1, -0.05) is 24.3 Å². The number of thiocarbonyl (C=S) groups is 1. The molecule has 0 heterocycles. The van der Waals surface area contributed by atoms with Crippen LogP contribution in [0.3, 0.4) is 0 Å². The van der Waals surface area contributed by atoms with Crippen LogP contribution in [-0.4, -0.2) is 25.5 Å². The number of anilines is 1. The first kappa shape index (κ1) is 15.8. The second kappa shape index (κ2) is 7.99. The summed E-state index contributed by atoms with van der Waals surface area (Å²) in [4.78, 5) is 0. The van der Waals surface area contributed by atoms with Crippen LogP contribution in [0.5, 0.6) is 11.5 Å². The van der Waals surface area contributed by atoms with E-state index in [1.165, 1.54) is 0 Å². The number of hydrogen-bond donors (Lipinski definition) is 2. The number of hydrogen-bond acceptors (Lipinski definition) is 4. The first-order chi connectivity index (χ1) is 10.7. The highest BCUT2D eigenvalue weighted by atomic mass is 32.1. The Morgan fingerprint density at radius 1 is 1.00 bits per heavy atom. The summed E-state index contributed by atoms with van der Waals surface area (Å²) in [6.07, 6.45) is 1.65. The van der Waals surface area contributed by atoms with E-state index < -0.39 is 0 Å². The Bertz CT molecular complexity index is 674. The fourth-order valence-corrected chi connectivity index (χ4v) is 1.99. The number of rotatable bonds is 5. The van der Waals surface area contributed by atoms with Crippen molar-refractivity contribution >= 4 is 29.2 Å². The molecular formula is C16H17N3O2S.